The molecule has 1 fully saturated rings. The third-order valence-corrected chi connectivity index (χ3v) is 6.53. The van der Waals surface area contributed by atoms with E-state index in [2.05, 4.69) is 58.2 Å². The Kier molecular flexibility index (Phi) is 9.13. The van der Waals surface area contributed by atoms with Gasteiger partial charge in [0.1, 0.15) is 11.5 Å². The first kappa shape index (κ1) is 26.5. The molecule has 0 bridgehead atoms. The Labute approximate surface area is 209 Å². The number of amides is 1. The van der Waals surface area contributed by atoms with Gasteiger partial charge in [0.05, 0.1) is 11.8 Å². The largest absolute Gasteiger partial charge is 0.481 e. The standard InChI is InChI=1S/C30H39NO4/c1-19(2)10-12-22-17-24(13-11-21(22)5)35-25-14-15-28(23(18-25)16-20(3)4)31-29(32)26-8-6-7-9-27(26)30(33)34/h10-15,17-20,26-27H,6-9,16H2,1-5H3,(H,31,32)(H,33,34)/b12-10-. The predicted octanol–water partition coefficient (Wildman–Crippen LogP) is 7.48. The Morgan fingerprint density at radius 3 is 2.34 bits per heavy atom. The second-order valence-corrected chi connectivity index (χ2v) is 10.5. The van der Waals surface area contributed by atoms with Gasteiger partial charge in [-0.1, -0.05) is 58.8 Å². The van der Waals surface area contributed by atoms with Gasteiger partial charge >= 0.3 is 5.97 Å². The summed E-state index contributed by atoms with van der Waals surface area (Å²) in [4.78, 5) is 24.7. The maximum Gasteiger partial charge on any atom is 0.307 e. The number of benzene rings is 2. The van der Waals surface area contributed by atoms with Crippen molar-refractivity contribution in [3.8, 4) is 11.5 Å². The molecule has 5 nitrogen and oxygen atoms in total. The number of carbonyl (C=O) groups is 2. The van der Waals surface area contributed by atoms with E-state index in [4.69, 9.17) is 4.74 Å². The van der Waals surface area contributed by atoms with Gasteiger partial charge in [0.25, 0.3) is 0 Å². The van der Waals surface area contributed by atoms with Crippen LogP contribution in [0.4, 0.5) is 5.69 Å². The van der Waals surface area contributed by atoms with E-state index in [1.165, 1.54) is 5.56 Å². The fraction of sp³-hybridized carbons (Fsp3) is 0.467. The zero-order chi connectivity index (χ0) is 25.5. The monoisotopic (exact) mass is 477 g/mol. The highest BCUT2D eigenvalue weighted by molar-refractivity contribution is 5.95. The van der Waals surface area contributed by atoms with E-state index in [1.54, 1.807) is 0 Å². The Bertz CT molecular complexity index is 1070. The van der Waals surface area contributed by atoms with Gasteiger partial charge in [-0.15, -0.1) is 0 Å². The molecule has 5 heteroatoms. The zero-order valence-corrected chi connectivity index (χ0v) is 21.6. The summed E-state index contributed by atoms with van der Waals surface area (Å²) in [5, 5.41) is 12.6. The van der Waals surface area contributed by atoms with Crippen molar-refractivity contribution in [1.82, 2.24) is 0 Å². The highest BCUT2D eigenvalue weighted by atomic mass is 16.5. The molecule has 1 aliphatic carbocycles. The van der Waals surface area contributed by atoms with Gasteiger partial charge in [0.2, 0.25) is 5.91 Å². The molecular weight excluding hydrogens is 438 g/mol. The quantitative estimate of drug-likeness (QED) is 0.392. The normalized spacial score (nSPS) is 18.3. The summed E-state index contributed by atoms with van der Waals surface area (Å²) < 4.78 is 6.20. The van der Waals surface area contributed by atoms with Crippen LogP contribution in [-0.4, -0.2) is 17.0 Å². The molecule has 0 aliphatic heterocycles. The van der Waals surface area contributed by atoms with Crippen LogP contribution in [0.3, 0.4) is 0 Å². The summed E-state index contributed by atoms with van der Waals surface area (Å²) in [6, 6.07) is 11.8. The number of carboxylic acid groups (broad SMARTS) is 1. The number of rotatable bonds is 9. The summed E-state index contributed by atoms with van der Waals surface area (Å²) in [5.74, 6) is 0.149. The summed E-state index contributed by atoms with van der Waals surface area (Å²) >= 11 is 0. The Hall–Kier alpha value is -3.08. The second-order valence-electron chi connectivity index (χ2n) is 10.5. The summed E-state index contributed by atoms with van der Waals surface area (Å²) in [6.07, 6.45) is 8.00. The maximum atomic E-state index is 13.1. The SMILES string of the molecule is Cc1ccc(Oc2ccc(NC(=O)C3CCCCC3C(=O)O)c(CC(C)C)c2)cc1/C=C\C(C)C. The van der Waals surface area contributed by atoms with E-state index in [-0.39, 0.29) is 5.91 Å². The van der Waals surface area contributed by atoms with Crippen molar-refractivity contribution in [2.75, 3.05) is 5.32 Å². The van der Waals surface area contributed by atoms with E-state index < -0.39 is 17.8 Å². The third kappa shape index (κ3) is 7.45. The van der Waals surface area contributed by atoms with Crippen LogP contribution in [0.15, 0.2) is 42.5 Å². The second kappa shape index (κ2) is 12.1. The van der Waals surface area contributed by atoms with E-state index in [0.717, 1.165) is 41.8 Å². The lowest BCUT2D eigenvalue weighted by atomic mass is 9.78. The smallest absolute Gasteiger partial charge is 0.307 e. The van der Waals surface area contributed by atoms with Crippen molar-refractivity contribution in [2.45, 2.75) is 66.7 Å². The number of hydrogen-bond donors (Lipinski definition) is 2. The lowest BCUT2D eigenvalue weighted by Gasteiger charge is -2.28. The van der Waals surface area contributed by atoms with Crippen molar-refractivity contribution >= 4 is 23.6 Å². The Morgan fingerprint density at radius 2 is 1.69 bits per heavy atom. The third-order valence-electron chi connectivity index (χ3n) is 6.53. The van der Waals surface area contributed by atoms with E-state index >= 15 is 0 Å². The molecule has 0 saturated heterocycles. The minimum Gasteiger partial charge on any atom is -0.481 e. The molecule has 35 heavy (non-hydrogen) atoms. The van der Waals surface area contributed by atoms with Gasteiger partial charge in [-0.25, -0.2) is 0 Å². The average Bonchev–Trinajstić information content (AvgIpc) is 2.80. The van der Waals surface area contributed by atoms with Crippen LogP contribution >= 0.6 is 0 Å². The molecule has 3 rings (SSSR count). The van der Waals surface area contributed by atoms with Crippen LogP contribution in [0.5, 0.6) is 11.5 Å². The topological polar surface area (TPSA) is 75.6 Å². The first-order valence-corrected chi connectivity index (χ1v) is 12.8. The molecule has 188 valence electrons. The van der Waals surface area contributed by atoms with Crippen molar-refractivity contribution in [3.05, 3.63) is 59.2 Å². The van der Waals surface area contributed by atoms with Gasteiger partial charge in [-0.2, -0.15) is 0 Å². The first-order chi connectivity index (χ1) is 16.6. The molecule has 0 spiro atoms. The predicted molar refractivity (Wildman–Crippen MR) is 142 cm³/mol. The maximum absolute atomic E-state index is 13.1. The number of ether oxygens (including phenoxy) is 1. The van der Waals surface area contributed by atoms with Gasteiger partial charge in [-0.3, -0.25) is 9.59 Å². The molecule has 0 aromatic heterocycles. The number of aliphatic carboxylic acids is 1. The van der Waals surface area contributed by atoms with Crippen molar-refractivity contribution in [1.29, 1.82) is 0 Å². The van der Waals surface area contributed by atoms with Gasteiger partial charge < -0.3 is 15.2 Å². The lowest BCUT2D eigenvalue weighted by Crippen LogP contribution is -2.36. The van der Waals surface area contributed by atoms with Gasteiger partial charge in [0.15, 0.2) is 0 Å². The van der Waals surface area contributed by atoms with Crippen LogP contribution < -0.4 is 10.1 Å². The number of aryl methyl sites for hydroxylation is 1. The number of nitrogens with one attached hydrogen (secondary N) is 1. The minimum atomic E-state index is -0.878. The Morgan fingerprint density at radius 1 is 1.03 bits per heavy atom. The molecule has 1 saturated carbocycles. The summed E-state index contributed by atoms with van der Waals surface area (Å²) in [7, 11) is 0. The molecule has 2 aromatic carbocycles. The molecule has 2 atom stereocenters. The van der Waals surface area contributed by atoms with Crippen molar-refractivity contribution < 1.29 is 19.4 Å². The van der Waals surface area contributed by atoms with Crippen LogP contribution in [0.25, 0.3) is 6.08 Å². The number of carbonyl (C=O) groups excluding carboxylic acids is 1. The average molecular weight is 478 g/mol. The van der Waals surface area contributed by atoms with Crippen molar-refractivity contribution in [2.24, 2.45) is 23.7 Å². The van der Waals surface area contributed by atoms with Crippen LogP contribution in [-0.2, 0) is 16.0 Å². The number of carboxylic acids is 1. The highest BCUT2D eigenvalue weighted by Crippen LogP contribution is 2.33. The summed E-state index contributed by atoms with van der Waals surface area (Å²) in [5.41, 5.74) is 4.04. The molecule has 2 N–H and O–H groups in total. The van der Waals surface area contributed by atoms with Crippen LogP contribution in [0.1, 0.15) is 70.1 Å². The van der Waals surface area contributed by atoms with E-state index in [0.29, 0.717) is 30.4 Å². The van der Waals surface area contributed by atoms with Crippen LogP contribution in [0.2, 0.25) is 0 Å². The minimum absolute atomic E-state index is 0.198. The molecule has 2 aromatic rings. The fourth-order valence-electron chi connectivity index (χ4n) is 4.62. The van der Waals surface area contributed by atoms with Gasteiger partial charge in [-0.05, 0) is 85.0 Å². The summed E-state index contributed by atoms with van der Waals surface area (Å²) in [6.45, 7) is 10.7. The lowest BCUT2D eigenvalue weighted by molar-refractivity contribution is -0.147. The molecule has 1 aliphatic rings. The fourth-order valence-corrected chi connectivity index (χ4v) is 4.62. The highest BCUT2D eigenvalue weighted by Gasteiger charge is 2.35. The van der Waals surface area contributed by atoms with Gasteiger partial charge in [0, 0.05) is 5.69 Å². The Balaban J connectivity index is 1.82. The molecule has 1 amide bonds. The zero-order valence-electron chi connectivity index (χ0n) is 21.6. The molecule has 0 radical (unpaired) electrons. The van der Waals surface area contributed by atoms with Crippen LogP contribution in [0, 0.1) is 30.6 Å². The molecule has 0 heterocycles. The number of allylic oxidation sites excluding steroid dienone is 1. The number of hydrogen-bond acceptors (Lipinski definition) is 3. The van der Waals surface area contributed by atoms with E-state index in [9.17, 15) is 14.7 Å². The van der Waals surface area contributed by atoms with Crippen molar-refractivity contribution in [3.63, 3.8) is 0 Å². The number of anilines is 1. The molecule has 2 unspecified atom stereocenters. The van der Waals surface area contributed by atoms with E-state index in [1.807, 2.05) is 30.3 Å². The molecular formula is C30H39NO4. The first-order valence-electron chi connectivity index (χ1n) is 12.8.